The summed E-state index contributed by atoms with van der Waals surface area (Å²) in [5, 5.41) is 0. The third-order valence-corrected chi connectivity index (χ3v) is 2.08. The minimum atomic E-state index is 0.625. The number of ether oxygens (including phenoxy) is 1. The minimum absolute atomic E-state index is 0.625. The summed E-state index contributed by atoms with van der Waals surface area (Å²) in [4.78, 5) is 9.39. The second-order valence-corrected chi connectivity index (χ2v) is 3.13. The maximum absolute atomic E-state index is 5.79. The van der Waals surface area contributed by atoms with Crippen molar-refractivity contribution < 1.29 is 4.74 Å². The van der Waals surface area contributed by atoms with Crippen LogP contribution in [0.1, 0.15) is 12.7 Å². The summed E-state index contributed by atoms with van der Waals surface area (Å²) in [7, 11) is 1.69. The lowest BCUT2D eigenvalue weighted by molar-refractivity contribution is 0.205. The van der Waals surface area contributed by atoms with Crippen LogP contribution in [-0.2, 0) is 4.74 Å². The van der Waals surface area contributed by atoms with Crippen molar-refractivity contribution in [1.29, 1.82) is 0 Å². The van der Waals surface area contributed by atoms with Crippen LogP contribution in [0.2, 0.25) is 0 Å². The Morgan fingerprint density at radius 2 is 2.29 bits per heavy atom. The molecule has 0 fully saturated rings. The number of imidazole rings is 1. The molecular formula is C9H18N4O. The van der Waals surface area contributed by atoms with Crippen molar-refractivity contribution in [3.05, 3.63) is 5.82 Å². The lowest BCUT2D eigenvalue weighted by Gasteiger charge is -2.20. The maximum Gasteiger partial charge on any atom is 0.171 e. The summed E-state index contributed by atoms with van der Waals surface area (Å²) in [5.41, 5.74) is 5.79. The summed E-state index contributed by atoms with van der Waals surface area (Å²) >= 11 is 0. The summed E-state index contributed by atoms with van der Waals surface area (Å²) in [5.74, 6) is 2.29. The van der Waals surface area contributed by atoms with Crippen LogP contribution in [0.5, 0.6) is 0 Å². The smallest absolute Gasteiger partial charge is 0.171 e. The van der Waals surface area contributed by atoms with E-state index in [4.69, 9.17) is 10.5 Å². The summed E-state index contributed by atoms with van der Waals surface area (Å²) in [6.45, 7) is 6.32. The van der Waals surface area contributed by atoms with Gasteiger partial charge in [-0.2, -0.15) is 0 Å². The first kappa shape index (κ1) is 10.8. The Kier molecular flexibility index (Phi) is 3.76. The quantitative estimate of drug-likeness (QED) is 0.733. The Hall–Kier alpha value is -1.23. The molecule has 3 N–H and O–H groups in total. The summed E-state index contributed by atoms with van der Waals surface area (Å²) < 4.78 is 5.02. The van der Waals surface area contributed by atoms with Crippen molar-refractivity contribution in [3.8, 4) is 0 Å². The van der Waals surface area contributed by atoms with Gasteiger partial charge in [0.1, 0.15) is 11.6 Å². The van der Waals surface area contributed by atoms with Gasteiger partial charge in [0.25, 0.3) is 0 Å². The highest BCUT2D eigenvalue weighted by molar-refractivity contribution is 5.58. The number of nitrogen functional groups attached to an aromatic ring is 1. The molecule has 0 atom stereocenters. The highest BCUT2D eigenvalue weighted by Gasteiger charge is 2.11. The van der Waals surface area contributed by atoms with Crippen molar-refractivity contribution in [2.75, 3.05) is 37.4 Å². The molecule has 0 aromatic carbocycles. The Labute approximate surface area is 84.3 Å². The van der Waals surface area contributed by atoms with Crippen LogP contribution in [0.4, 0.5) is 11.6 Å². The number of nitrogens with one attached hydrogen (secondary N) is 1. The highest BCUT2D eigenvalue weighted by Crippen LogP contribution is 2.18. The molecule has 0 radical (unpaired) electrons. The van der Waals surface area contributed by atoms with Gasteiger partial charge in [0.05, 0.1) is 6.61 Å². The van der Waals surface area contributed by atoms with Crippen molar-refractivity contribution >= 4 is 11.6 Å². The first-order chi connectivity index (χ1) is 6.69. The number of aromatic nitrogens is 2. The molecule has 0 aliphatic rings. The number of aryl methyl sites for hydroxylation is 1. The normalized spacial score (nSPS) is 10.5. The number of H-pyrrole nitrogens is 1. The van der Waals surface area contributed by atoms with Crippen molar-refractivity contribution in [1.82, 2.24) is 9.97 Å². The van der Waals surface area contributed by atoms with E-state index in [2.05, 4.69) is 21.8 Å². The predicted octanol–water partition coefficient (Wildman–Crippen LogP) is 0.773. The van der Waals surface area contributed by atoms with Gasteiger partial charge in [-0.05, 0) is 13.8 Å². The first-order valence-corrected chi connectivity index (χ1v) is 4.75. The molecule has 14 heavy (non-hydrogen) atoms. The minimum Gasteiger partial charge on any atom is -0.383 e. The Morgan fingerprint density at radius 3 is 2.71 bits per heavy atom. The Bertz CT molecular complexity index is 284. The van der Waals surface area contributed by atoms with Gasteiger partial charge in [-0.1, -0.05) is 0 Å². The highest BCUT2D eigenvalue weighted by atomic mass is 16.5. The van der Waals surface area contributed by atoms with E-state index < -0.39 is 0 Å². The number of rotatable bonds is 5. The zero-order chi connectivity index (χ0) is 10.6. The largest absolute Gasteiger partial charge is 0.383 e. The van der Waals surface area contributed by atoms with Gasteiger partial charge < -0.3 is 20.4 Å². The molecule has 1 rings (SSSR count). The van der Waals surface area contributed by atoms with E-state index in [0.717, 1.165) is 24.7 Å². The third kappa shape index (κ3) is 2.38. The standard InChI is InChI=1S/C9H18N4O/c1-4-13(5-6-14-3)9-8(10)11-7(2)12-9/h4-6,10H2,1-3H3,(H,11,12). The molecular weight excluding hydrogens is 180 g/mol. The van der Waals surface area contributed by atoms with Crippen LogP contribution in [0.25, 0.3) is 0 Å². The van der Waals surface area contributed by atoms with Gasteiger partial charge in [0.15, 0.2) is 5.82 Å². The summed E-state index contributed by atoms with van der Waals surface area (Å²) in [6.07, 6.45) is 0. The third-order valence-electron chi connectivity index (χ3n) is 2.08. The molecule has 80 valence electrons. The molecule has 1 aromatic rings. The number of hydrogen-bond donors (Lipinski definition) is 2. The number of anilines is 2. The number of aromatic amines is 1. The monoisotopic (exact) mass is 198 g/mol. The zero-order valence-electron chi connectivity index (χ0n) is 9.00. The maximum atomic E-state index is 5.79. The lowest BCUT2D eigenvalue weighted by atomic mass is 10.4. The molecule has 5 heteroatoms. The van der Waals surface area contributed by atoms with Crippen LogP contribution >= 0.6 is 0 Å². The molecule has 0 unspecified atom stereocenters. The molecule has 0 aliphatic carbocycles. The summed E-state index contributed by atoms with van der Waals surface area (Å²) in [6, 6.07) is 0. The van der Waals surface area contributed by atoms with Gasteiger partial charge in [-0.15, -0.1) is 0 Å². The molecule has 0 saturated carbocycles. The van der Waals surface area contributed by atoms with E-state index >= 15 is 0 Å². The zero-order valence-corrected chi connectivity index (χ0v) is 9.00. The first-order valence-electron chi connectivity index (χ1n) is 4.75. The van der Waals surface area contributed by atoms with E-state index in [-0.39, 0.29) is 0 Å². The topological polar surface area (TPSA) is 67.2 Å². The van der Waals surface area contributed by atoms with Gasteiger partial charge in [-0.25, -0.2) is 4.98 Å². The van der Waals surface area contributed by atoms with E-state index in [1.165, 1.54) is 0 Å². The van der Waals surface area contributed by atoms with Crippen LogP contribution in [0.15, 0.2) is 0 Å². The molecule has 0 saturated heterocycles. The van der Waals surface area contributed by atoms with E-state index in [9.17, 15) is 0 Å². The van der Waals surface area contributed by atoms with E-state index in [1.54, 1.807) is 7.11 Å². The molecule has 5 nitrogen and oxygen atoms in total. The molecule has 0 bridgehead atoms. The SMILES string of the molecule is CCN(CCOC)c1nc(C)[nH]c1N. The van der Waals surface area contributed by atoms with Gasteiger partial charge in [-0.3, -0.25) is 0 Å². The fourth-order valence-electron chi connectivity index (χ4n) is 1.35. The molecule has 0 aliphatic heterocycles. The van der Waals surface area contributed by atoms with Gasteiger partial charge >= 0.3 is 0 Å². The lowest BCUT2D eigenvalue weighted by Crippen LogP contribution is -2.27. The number of methoxy groups -OCH3 is 1. The predicted molar refractivity (Wildman–Crippen MR) is 57.5 cm³/mol. The second kappa shape index (κ2) is 4.85. The second-order valence-electron chi connectivity index (χ2n) is 3.13. The van der Waals surface area contributed by atoms with Crippen LogP contribution in [-0.4, -0.2) is 36.8 Å². The molecule has 1 heterocycles. The van der Waals surface area contributed by atoms with Gasteiger partial charge in [0.2, 0.25) is 0 Å². The average molecular weight is 198 g/mol. The number of hydrogen-bond acceptors (Lipinski definition) is 4. The fourth-order valence-corrected chi connectivity index (χ4v) is 1.35. The molecule has 1 aromatic heterocycles. The van der Waals surface area contributed by atoms with Crippen molar-refractivity contribution in [3.63, 3.8) is 0 Å². The average Bonchev–Trinajstić information content (AvgIpc) is 2.47. The van der Waals surface area contributed by atoms with Crippen molar-refractivity contribution in [2.45, 2.75) is 13.8 Å². The van der Waals surface area contributed by atoms with Crippen LogP contribution in [0, 0.1) is 6.92 Å². The van der Waals surface area contributed by atoms with Crippen LogP contribution < -0.4 is 10.6 Å². The van der Waals surface area contributed by atoms with Gasteiger partial charge in [0, 0.05) is 20.2 Å². The van der Waals surface area contributed by atoms with E-state index in [1.807, 2.05) is 6.92 Å². The molecule has 0 spiro atoms. The fraction of sp³-hybridized carbons (Fsp3) is 0.667. The van der Waals surface area contributed by atoms with Crippen molar-refractivity contribution in [2.24, 2.45) is 0 Å². The molecule has 0 amide bonds. The number of likely N-dealkylation sites (N-methyl/N-ethyl adjacent to an activating group) is 1. The number of nitrogens with two attached hydrogens (primary N) is 1. The van der Waals surface area contributed by atoms with E-state index in [0.29, 0.717) is 12.4 Å². The van der Waals surface area contributed by atoms with Crippen LogP contribution in [0.3, 0.4) is 0 Å². The number of nitrogens with zero attached hydrogens (tertiary/aromatic N) is 2. The Balaban J connectivity index is 2.72. The Morgan fingerprint density at radius 1 is 1.57 bits per heavy atom.